The monoisotopic (exact) mass is 261 g/mol. The van der Waals surface area contributed by atoms with Crippen LogP contribution in [0.15, 0.2) is 24.3 Å². The highest BCUT2D eigenvalue weighted by Gasteiger charge is 2.15. The van der Waals surface area contributed by atoms with Crippen LogP contribution < -0.4 is 5.73 Å². The van der Waals surface area contributed by atoms with E-state index in [0.29, 0.717) is 6.61 Å². The summed E-state index contributed by atoms with van der Waals surface area (Å²) in [5, 5.41) is 0. The van der Waals surface area contributed by atoms with E-state index in [0.717, 1.165) is 30.7 Å². The maximum atomic E-state index is 6.07. The molecule has 1 aromatic carbocycles. The van der Waals surface area contributed by atoms with Crippen LogP contribution in [0.1, 0.15) is 26.1 Å². The van der Waals surface area contributed by atoms with Crippen LogP contribution in [-0.2, 0) is 17.7 Å². The molecule has 2 N–H and O–H groups in total. The second-order valence-corrected chi connectivity index (χ2v) is 5.65. The Morgan fingerprint density at radius 1 is 1.32 bits per heavy atom. The molecule has 0 bridgehead atoms. The van der Waals surface area contributed by atoms with Gasteiger partial charge in [-0.3, -0.25) is 0 Å². The molecule has 1 heterocycles. The third-order valence-corrected chi connectivity index (χ3v) is 3.25. The van der Waals surface area contributed by atoms with Crippen molar-refractivity contribution in [2.75, 3.05) is 13.7 Å². The first-order chi connectivity index (χ1) is 9.01. The lowest BCUT2D eigenvalue weighted by Gasteiger charge is -2.18. The third-order valence-electron chi connectivity index (χ3n) is 3.25. The minimum atomic E-state index is -0.162. The number of nitrogens with zero attached hydrogens (tertiary/aromatic N) is 2. The van der Waals surface area contributed by atoms with Gasteiger partial charge in [0.1, 0.15) is 5.82 Å². The minimum absolute atomic E-state index is 0.162. The van der Waals surface area contributed by atoms with Crippen molar-refractivity contribution in [1.29, 1.82) is 0 Å². The number of ether oxygens (including phenoxy) is 1. The van der Waals surface area contributed by atoms with Crippen molar-refractivity contribution < 1.29 is 4.74 Å². The van der Waals surface area contributed by atoms with Crippen molar-refractivity contribution in [3.8, 4) is 0 Å². The number of hydrogen-bond donors (Lipinski definition) is 1. The lowest BCUT2D eigenvalue weighted by molar-refractivity contribution is 0.187. The van der Waals surface area contributed by atoms with Crippen molar-refractivity contribution in [2.45, 2.75) is 38.8 Å². The van der Waals surface area contributed by atoms with Crippen molar-refractivity contribution >= 4 is 11.0 Å². The van der Waals surface area contributed by atoms with Crippen LogP contribution in [-0.4, -0.2) is 28.8 Å². The van der Waals surface area contributed by atoms with Crippen LogP contribution in [0.4, 0.5) is 0 Å². The summed E-state index contributed by atoms with van der Waals surface area (Å²) in [4.78, 5) is 4.72. The molecule has 0 aliphatic heterocycles. The molecule has 4 heteroatoms. The lowest BCUT2D eigenvalue weighted by atomic mass is 10.00. The van der Waals surface area contributed by atoms with Gasteiger partial charge in [-0.2, -0.15) is 0 Å². The molecule has 19 heavy (non-hydrogen) atoms. The standard InChI is InChI=1S/C15H23N3O/c1-15(2,16)9-8-14-17-12-6-4-5-7-13(12)18(14)10-11-19-3/h4-7H,8-11,16H2,1-3H3. The summed E-state index contributed by atoms with van der Waals surface area (Å²) in [7, 11) is 1.72. The molecule has 0 atom stereocenters. The zero-order valence-corrected chi connectivity index (χ0v) is 12.0. The van der Waals surface area contributed by atoms with Gasteiger partial charge in [0.05, 0.1) is 17.6 Å². The number of benzene rings is 1. The molecule has 0 saturated heterocycles. The number of methoxy groups -OCH3 is 1. The van der Waals surface area contributed by atoms with Gasteiger partial charge < -0.3 is 15.0 Å². The summed E-state index contributed by atoms with van der Waals surface area (Å²) in [6.45, 7) is 5.63. The van der Waals surface area contributed by atoms with Gasteiger partial charge in [0.15, 0.2) is 0 Å². The molecule has 2 rings (SSSR count). The average Bonchev–Trinajstić information content (AvgIpc) is 2.71. The maximum absolute atomic E-state index is 6.07. The van der Waals surface area contributed by atoms with Gasteiger partial charge in [-0.05, 0) is 32.4 Å². The Morgan fingerprint density at radius 2 is 2.05 bits per heavy atom. The highest BCUT2D eigenvalue weighted by atomic mass is 16.5. The number of nitrogens with two attached hydrogens (primary N) is 1. The fraction of sp³-hybridized carbons (Fsp3) is 0.533. The first-order valence-corrected chi connectivity index (χ1v) is 6.73. The van der Waals surface area contributed by atoms with E-state index in [2.05, 4.69) is 30.5 Å². The fourth-order valence-electron chi connectivity index (χ4n) is 2.18. The Balaban J connectivity index is 2.30. The summed E-state index contributed by atoms with van der Waals surface area (Å²) in [5.41, 5.74) is 8.12. The zero-order valence-electron chi connectivity index (χ0n) is 12.0. The Labute approximate surface area is 114 Å². The number of hydrogen-bond acceptors (Lipinski definition) is 3. The molecule has 0 saturated carbocycles. The van der Waals surface area contributed by atoms with Gasteiger partial charge in [-0.15, -0.1) is 0 Å². The minimum Gasteiger partial charge on any atom is -0.383 e. The van der Waals surface area contributed by atoms with Crippen molar-refractivity contribution in [2.24, 2.45) is 5.73 Å². The summed E-state index contributed by atoms with van der Waals surface area (Å²) in [5.74, 6) is 1.09. The van der Waals surface area contributed by atoms with E-state index in [1.165, 1.54) is 5.52 Å². The molecule has 0 amide bonds. The second kappa shape index (κ2) is 5.72. The van der Waals surface area contributed by atoms with Crippen molar-refractivity contribution in [1.82, 2.24) is 9.55 Å². The smallest absolute Gasteiger partial charge is 0.110 e. The zero-order chi connectivity index (χ0) is 13.9. The van der Waals surface area contributed by atoms with Crippen LogP contribution in [0.25, 0.3) is 11.0 Å². The Kier molecular flexibility index (Phi) is 4.22. The molecule has 0 fully saturated rings. The van der Waals surface area contributed by atoms with E-state index >= 15 is 0 Å². The summed E-state index contributed by atoms with van der Waals surface area (Å²) in [6, 6.07) is 8.22. The number of rotatable bonds is 6. The lowest BCUT2D eigenvalue weighted by Crippen LogP contribution is -2.32. The molecular weight excluding hydrogens is 238 g/mol. The van der Waals surface area contributed by atoms with E-state index in [4.69, 9.17) is 15.5 Å². The number of para-hydroxylation sites is 2. The molecule has 0 unspecified atom stereocenters. The third kappa shape index (κ3) is 3.55. The van der Waals surface area contributed by atoms with E-state index < -0.39 is 0 Å². The molecule has 0 aliphatic rings. The summed E-state index contributed by atoms with van der Waals surface area (Å²) < 4.78 is 7.43. The van der Waals surface area contributed by atoms with E-state index in [1.807, 2.05) is 12.1 Å². The van der Waals surface area contributed by atoms with Crippen molar-refractivity contribution in [3.63, 3.8) is 0 Å². The molecule has 2 aromatic rings. The number of imidazole rings is 1. The predicted molar refractivity (Wildman–Crippen MR) is 78.2 cm³/mol. The molecule has 4 nitrogen and oxygen atoms in total. The largest absolute Gasteiger partial charge is 0.383 e. The Morgan fingerprint density at radius 3 is 2.74 bits per heavy atom. The van der Waals surface area contributed by atoms with Crippen LogP contribution in [0.3, 0.4) is 0 Å². The van der Waals surface area contributed by atoms with Crippen molar-refractivity contribution in [3.05, 3.63) is 30.1 Å². The van der Waals surface area contributed by atoms with Gasteiger partial charge in [-0.25, -0.2) is 4.98 Å². The average molecular weight is 261 g/mol. The van der Waals surface area contributed by atoms with Crippen LogP contribution >= 0.6 is 0 Å². The molecule has 1 aromatic heterocycles. The van der Waals surface area contributed by atoms with E-state index in [1.54, 1.807) is 7.11 Å². The van der Waals surface area contributed by atoms with Gasteiger partial charge in [0.25, 0.3) is 0 Å². The fourth-order valence-corrected chi connectivity index (χ4v) is 2.18. The first-order valence-electron chi connectivity index (χ1n) is 6.73. The molecular formula is C15H23N3O. The predicted octanol–water partition coefficient (Wildman–Crippen LogP) is 2.35. The number of aromatic nitrogens is 2. The van der Waals surface area contributed by atoms with Gasteiger partial charge in [0.2, 0.25) is 0 Å². The molecule has 0 spiro atoms. The van der Waals surface area contributed by atoms with E-state index in [9.17, 15) is 0 Å². The van der Waals surface area contributed by atoms with E-state index in [-0.39, 0.29) is 5.54 Å². The SMILES string of the molecule is COCCn1c(CCC(C)(C)N)nc2ccccc21. The van der Waals surface area contributed by atoms with Crippen LogP contribution in [0.2, 0.25) is 0 Å². The Hall–Kier alpha value is -1.39. The maximum Gasteiger partial charge on any atom is 0.110 e. The Bertz CT molecular complexity index is 540. The van der Waals surface area contributed by atoms with Gasteiger partial charge >= 0.3 is 0 Å². The normalized spacial score (nSPS) is 12.2. The number of fused-ring (bicyclic) bond motifs is 1. The van der Waals surface area contributed by atoms with Crippen LogP contribution in [0.5, 0.6) is 0 Å². The summed E-state index contributed by atoms with van der Waals surface area (Å²) >= 11 is 0. The van der Waals surface area contributed by atoms with Gasteiger partial charge in [-0.1, -0.05) is 12.1 Å². The summed E-state index contributed by atoms with van der Waals surface area (Å²) in [6.07, 6.45) is 1.81. The molecule has 104 valence electrons. The highest BCUT2D eigenvalue weighted by molar-refractivity contribution is 5.75. The molecule has 0 radical (unpaired) electrons. The van der Waals surface area contributed by atoms with Gasteiger partial charge in [0, 0.05) is 25.6 Å². The first kappa shape index (κ1) is 14.0. The topological polar surface area (TPSA) is 53.1 Å². The quantitative estimate of drug-likeness (QED) is 0.868. The highest BCUT2D eigenvalue weighted by Crippen LogP contribution is 2.18. The number of aryl methyl sites for hydroxylation is 1. The van der Waals surface area contributed by atoms with Crippen LogP contribution in [0, 0.1) is 0 Å². The molecule has 0 aliphatic carbocycles. The second-order valence-electron chi connectivity index (χ2n) is 5.65.